The van der Waals surface area contributed by atoms with Crippen molar-refractivity contribution in [2.24, 2.45) is 5.92 Å². The van der Waals surface area contributed by atoms with Gasteiger partial charge in [-0.2, -0.15) is 0 Å². The van der Waals surface area contributed by atoms with Gasteiger partial charge in [0, 0.05) is 11.6 Å². The maximum Gasteiger partial charge on any atom is 0.133 e. The predicted octanol–water partition coefficient (Wildman–Crippen LogP) is 4.70. The van der Waals surface area contributed by atoms with Crippen LogP contribution in [0, 0.1) is 5.92 Å². The van der Waals surface area contributed by atoms with Gasteiger partial charge >= 0.3 is 0 Å². The van der Waals surface area contributed by atoms with E-state index in [0.717, 1.165) is 28.4 Å². The molecule has 1 aliphatic rings. The molecule has 1 aromatic carbocycles. The summed E-state index contributed by atoms with van der Waals surface area (Å²) in [7, 11) is 3.44. The van der Waals surface area contributed by atoms with Crippen molar-refractivity contribution in [1.82, 2.24) is 5.32 Å². The van der Waals surface area contributed by atoms with Crippen LogP contribution in [0.25, 0.3) is 0 Å². The standard InChI is InChI=1S/C17H26BrNO2/c1-4-19-15(9-12-7-5-6-8-12)13-10-17(21-3)14(18)11-16(13)20-2/h10-12,15,19H,4-9H2,1-3H3. The van der Waals surface area contributed by atoms with Gasteiger partial charge in [-0.3, -0.25) is 0 Å². The summed E-state index contributed by atoms with van der Waals surface area (Å²) in [5, 5.41) is 3.62. The largest absolute Gasteiger partial charge is 0.496 e. The number of benzene rings is 1. The highest BCUT2D eigenvalue weighted by Crippen LogP contribution is 2.40. The van der Waals surface area contributed by atoms with E-state index in [-0.39, 0.29) is 0 Å². The fourth-order valence-corrected chi connectivity index (χ4v) is 3.79. The minimum absolute atomic E-state index is 0.329. The Kier molecular flexibility index (Phi) is 6.37. The Hall–Kier alpha value is -0.740. The molecule has 4 heteroatoms. The zero-order valence-corrected chi connectivity index (χ0v) is 14.8. The van der Waals surface area contributed by atoms with Crippen molar-refractivity contribution in [2.75, 3.05) is 20.8 Å². The molecular weight excluding hydrogens is 330 g/mol. The first kappa shape index (κ1) is 16.6. The van der Waals surface area contributed by atoms with Gasteiger partial charge in [-0.25, -0.2) is 0 Å². The van der Waals surface area contributed by atoms with E-state index in [1.165, 1.54) is 37.7 Å². The third-order valence-corrected chi connectivity index (χ3v) is 4.99. The molecule has 1 fully saturated rings. The van der Waals surface area contributed by atoms with Crippen molar-refractivity contribution in [1.29, 1.82) is 0 Å². The van der Waals surface area contributed by atoms with E-state index >= 15 is 0 Å². The van der Waals surface area contributed by atoms with Crippen LogP contribution in [0.1, 0.15) is 50.6 Å². The molecule has 0 aromatic heterocycles. The molecule has 1 aromatic rings. The summed E-state index contributed by atoms with van der Waals surface area (Å²) >= 11 is 3.53. The molecule has 0 heterocycles. The van der Waals surface area contributed by atoms with E-state index in [1.54, 1.807) is 14.2 Å². The molecule has 2 rings (SSSR count). The van der Waals surface area contributed by atoms with Crippen molar-refractivity contribution >= 4 is 15.9 Å². The average molecular weight is 356 g/mol. The highest BCUT2D eigenvalue weighted by molar-refractivity contribution is 9.10. The molecule has 21 heavy (non-hydrogen) atoms. The predicted molar refractivity (Wildman–Crippen MR) is 90.2 cm³/mol. The van der Waals surface area contributed by atoms with E-state index in [1.807, 2.05) is 6.07 Å². The van der Waals surface area contributed by atoms with Gasteiger partial charge in [0.1, 0.15) is 11.5 Å². The molecule has 1 N–H and O–H groups in total. The summed E-state index contributed by atoms with van der Waals surface area (Å²) in [6, 6.07) is 4.44. The Bertz CT molecular complexity index is 458. The van der Waals surface area contributed by atoms with Gasteiger partial charge in [0.15, 0.2) is 0 Å². The summed E-state index contributed by atoms with van der Waals surface area (Å²) in [4.78, 5) is 0. The number of rotatable bonds is 7. The summed E-state index contributed by atoms with van der Waals surface area (Å²) < 4.78 is 12.0. The zero-order chi connectivity index (χ0) is 15.2. The lowest BCUT2D eigenvalue weighted by Gasteiger charge is -2.24. The SMILES string of the molecule is CCNC(CC1CCCC1)c1cc(OC)c(Br)cc1OC. The minimum atomic E-state index is 0.329. The van der Waals surface area contributed by atoms with Crippen LogP contribution in [0.5, 0.6) is 11.5 Å². The number of hydrogen-bond donors (Lipinski definition) is 1. The van der Waals surface area contributed by atoms with Crippen LogP contribution in [0.3, 0.4) is 0 Å². The molecule has 3 nitrogen and oxygen atoms in total. The zero-order valence-electron chi connectivity index (χ0n) is 13.2. The van der Waals surface area contributed by atoms with Crippen LogP contribution < -0.4 is 14.8 Å². The smallest absolute Gasteiger partial charge is 0.133 e. The fourth-order valence-electron chi connectivity index (χ4n) is 3.30. The highest BCUT2D eigenvalue weighted by atomic mass is 79.9. The molecule has 1 atom stereocenters. The molecule has 0 radical (unpaired) electrons. The van der Waals surface area contributed by atoms with Crippen LogP contribution >= 0.6 is 15.9 Å². The van der Waals surface area contributed by atoms with E-state index in [2.05, 4.69) is 34.2 Å². The Balaban J connectivity index is 2.28. The Morgan fingerprint density at radius 2 is 1.86 bits per heavy atom. The molecule has 118 valence electrons. The first-order valence-electron chi connectivity index (χ1n) is 7.84. The van der Waals surface area contributed by atoms with Crippen molar-refractivity contribution in [3.8, 4) is 11.5 Å². The molecule has 0 saturated heterocycles. The van der Waals surface area contributed by atoms with E-state index < -0.39 is 0 Å². The number of hydrogen-bond acceptors (Lipinski definition) is 3. The molecular formula is C17H26BrNO2. The Labute approximate surface area is 136 Å². The second-order valence-corrected chi connectivity index (χ2v) is 6.58. The minimum Gasteiger partial charge on any atom is -0.496 e. The van der Waals surface area contributed by atoms with Crippen LogP contribution in [0.15, 0.2) is 16.6 Å². The van der Waals surface area contributed by atoms with Crippen molar-refractivity contribution in [2.45, 2.75) is 45.1 Å². The molecule has 1 aliphatic carbocycles. The van der Waals surface area contributed by atoms with Crippen LogP contribution in [0.2, 0.25) is 0 Å². The van der Waals surface area contributed by atoms with Gasteiger partial charge in [-0.15, -0.1) is 0 Å². The van der Waals surface area contributed by atoms with Gasteiger partial charge in [0.05, 0.1) is 18.7 Å². The lowest BCUT2D eigenvalue weighted by molar-refractivity contribution is 0.364. The first-order chi connectivity index (χ1) is 10.2. The van der Waals surface area contributed by atoms with E-state index in [0.29, 0.717) is 6.04 Å². The second-order valence-electron chi connectivity index (χ2n) is 5.73. The topological polar surface area (TPSA) is 30.5 Å². The maximum absolute atomic E-state index is 5.59. The van der Waals surface area contributed by atoms with E-state index in [9.17, 15) is 0 Å². The quantitative estimate of drug-likeness (QED) is 0.768. The number of methoxy groups -OCH3 is 2. The van der Waals surface area contributed by atoms with Gasteiger partial charge in [-0.05, 0) is 46.9 Å². The van der Waals surface area contributed by atoms with Crippen molar-refractivity contribution < 1.29 is 9.47 Å². The monoisotopic (exact) mass is 355 g/mol. The summed E-state index contributed by atoms with van der Waals surface area (Å²) in [6.07, 6.45) is 6.65. The first-order valence-corrected chi connectivity index (χ1v) is 8.63. The third-order valence-electron chi connectivity index (χ3n) is 4.37. The van der Waals surface area contributed by atoms with Gasteiger partial charge in [0.2, 0.25) is 0 Å². The van der Waals surface area contributed by atoms with Crippen LogP contribution in [0.4, 0.5) is 0 Å². The normalized spacial score (nSPS) is 17.0. The van der Waals surface area contributed by atoms with E-state index in [4.69, 9.17) is 9.47 Å². The lowest BCUT2D eigenvalue weighted by atomic mass is 9.93. The van der Waals surface area contributed by atoms with Crippen molar-refractivity contribution in [3.05, 3.63) is 22.2 Å². The third kappa shape index (κ3) is 4.13. The van der Waals surface area contributed by atoms with Crippen molar-refractivity contribution in [3.63, 3.8) is 0 Å². The molecule has 1 unspecified atom stereocenters. The molecule has 0 amide bonds. The van der Waals surface area contributed by atoms with Gasteiger partial charge in [0.25, 0.3) is 0 Å². The van der Waals surface area contributed by atoms with Gasteiger partial charge < -0.3 is 14.8 Å². The number of ether oxygens (including phenoxy) is 2. The van der Waals surface area contributed by atoms with Crippen LogP contribution in [-0.4, -0.2) is 20.8 Å². The molecule has 0 aliphatic heterocycles. The number of halogens is 1. The summed E-state index contributed by atoms with van der Waals surface area (Å²) in [5.41, 5.74) is 1.20. The molecule has 0 bridgehead atoms. The maximum atomic E-state index is 5.59. The lowest BCUT2D eigenvalue weighted by Crippen LogP contribution is -2.23. The molecule has 1 saturated carbocycles. The Morgan fingerprint density at radius 1 is 1.19 bits per heavy atom. The van der Waals surface area contributed by atoms with Crippen LogP contribution in [-0.2, 0) is 0 Å². The van der Waals surface area contributed by atoms with Gasteiger partial charge in [-0.1, -0.05) is 32.6 Å². The summed E-state index contributed by atoms with van der Waals surface area (Å²) in [6.45, 7) is 3.11. The molecule has 0 spiro atoms. The Morgan fingerprint density at radius 3 is 2.43 bits per heavy atom. The second kappa shape index (κ2) is 8.04. The average Bonchev–Trinajstić information content (AvgIpc) is 2.99. The number of nitrogens with one attached hydrogen (secondary N) is 1. The highest BCUT2D eigenvalue weighted by Gasteiger charge is 2.24. The fraction of sp³-hybridized carbons (Fsp3) is 0.647. The summed E-state index contributed by atoms with van der Waals surface area (Å²) in [5.74, 6) is 2.61.